The Kier molecular flexibility index (Phi) is 6.10. The standard InChI is InChI=1S/C14H21ClN2O3/c1-14(2,6-7-18)9-16-13(19)17-10-4-5-12(20-3)11(15)8-10/h4-5,8,18H,6-7,9H2,1-3H3,(H2,16,17,19). The van der Waals surface area contributed by atoms with Gasteiger partial charge >= 0.3 is 6.03 Å². The van der Waals surface area contributed by atoms with E-state index in [1.807, 2.05) is 13.8 Å². The fourth-order valence-corrected chi connectivity index (χ4v) is 1.89. The van der Waals surface area contributed by atoms with Gasteiger partial charge in [0.1, 0.15) is 5.75 Å². The molecule has 0 heterocycles. The van der Waals surface area contributed by atoms with Crippen molar-refractivity contribution in [3.8, 4) is 5.75 Å². The molecule has 0 spiro atoms. The average Bonchev–Trinajstić information content (AvgIpc) is 2.37. The van der Waals surface area contributed by atoms with Gasteiger partial charge in [0, 0.05) is 18.8 Å². The zero-order valence-corrected chi connectivity index (χ0v) is 12.8. The lowest BCUT2D eigenvalue weighted by atomic mass is 9.90. The smallest absolute Gasteiger partial charge is 0.319 e. The third-order valence-corrected chi connectivity index (χ3v) is 3.22. The molecule has 0 radical (unpaired) electrons. The summed E-state index contributed by atoms with van der Waals surface area (Å²) in [7, 11) is 1.53. The lowest BCUT2D eigenvalue weighted by Crippen LogP contribution is -2.37. The number of amides is 2. The number of carbonyl (C=O) groups is 1. The topological polar surface area (TPSA) is 70.6 Å². The second kappa shape index (κ2) is 7.36. The van der Waals surface area contributed by atoms with Crippen LogP contribution in [0.1, 0.15) is 20.3 Å². The molecule has 20 heavy (non-hydrogen) atoms. The molecule has 0 aromatic heterocycles. The van der Waals surface area contributed by atoms with Crippen molar-refractivity contribution >= 4 is 23.3 Å². The molecule has 0 bridgehead atoms. The number of nitrogens with one attached hydrogen (secondary N) is 2. The fraction of sp³-hybridized carbons (Fsp3) is 0.500. The van der Waals surface area contributed by atoms with Crippen LogP contribution in [0.5, 0.6) is 5.75 Å². The molecule has 6 heteroatoms. The lowest BCUT2D eigenvalue weighted by molar-refractivity contribution is 0.204. The van der Waals surface area contributed by atoms with Gasteiger partial charge in [-0.2, -0.15) is 0 Å². The van der Waals surface area contributed by atoms with E-state index in [0.29, 0.717) is 29.4 Å². The highest BCUT2D eigenvalue weighted by atomic mass is 35.5. The first-order valence-electron chi connectivity index (χ1n) is 6.37. The van der Waals surface area contributed by atoms with Crippen molar-refractivity contribution in [1.29, 1.82) is 0 Å². The van der Waals surface area contributed by atoms with Crippen molar-refractivity contribution < 1.29 is 14.6 Å². The van der Waals surface area contributed by atoms with Gasteiger partial charge in [0.2, 0.25) is 0 Å². The summed E-state index contributed by atoms with van der Waals surface area (Å²) in [5.41, 5.74) is 0.442. The SMILES string of the molecule is COc1ccc(NC(=O)NCC(C)(C)CCO)cc1Cl. The number of hydrogen-bond donors (Lipinski definition) is 3. The molecule has 1 rings (SSSR count). The van der Waals surface area contributed by atoms with Gasteiger partial charge in [-0.05, 0) is 30.0 Å². The minimum absolute atomic E-state index is 0.102. The van der Waals surface area contributed by atoms with Crippen LogP contribution in [-0.4, -0.2) is 31.4 Å². The van der Waals surface area contributed by atoms with Crippen LogP contribution in [0.15, 0.2) is 18.2 Å². The Morgan fingerprint density at radius 3 is 2.70 bits per heavy atom. The van der Waals surface area contributed by atoms with E-state index in [2.05, 4.69) is 10.6 Å². The normalized spacial score (nSPS) is 11.1. The third kappa shape index (κ3) is 5.27. The predicted octanol–water partition coefficient (Wildman–Crippen LogP) is 2.88. The Morgan fingerprint density at radius 1 is 1.45 bits per heavy atom. The molecule has 2 amide bonds. The van der Waals surface area contributed by atoms with Crippen LogP contribution in [0.2, 0.25) is 5.02 Å². The zero-order valence-electron chi connectivity index (χ0n) is 12.0. The fourth-order valence-electron chi connectivity index (χ4n) is 1.63. The van der Waals surface area contributed by atoms with E-state index in [1.54, 1.807) is 18.2 Å². The molecule has 3 N–H and O–H groups in total. The molecule has 0 aliphatic heterocycles. The highest BCUT2D eigenvalue weighted by molar-refractivity contribution is 6.32. The van der Waals surface area contributed by atoms with Crippen LogP contribution in [-0.2, 0) is 0 Å². The molecule has 1 aromatic carbocycles. The van der Waals surface area contributed by atoms with Gasteiger partial charge in [-0.25, -0.2) is 4.79 Å². The number of benzene rings is 1. The van der Waals surface area contributed by atoms with Crippen molar-refractivity contribution in [3.63, 3.8) is 0 Å². The van der Waals surface area contributed by atoms with Crippen molar-refractivity contribution in [1.82, 2.24) is 5.32 Å². The van der Waals surface area contributed by atoms with E-state index in [4.69, 9.17) is 21.4 Å². The van der Waals surface area contributed by atoms with Crippen molar-refractivity contribution in [3.05, 3.63) is 23.2 Å². The first kappa shape index (κ1) is 16.6. The molecule has 0 aliphatic rings. The van der Waals surface area contributed by atoms with E-state index in [1.165, 1.54) is 7.11 Å². The van der Waals surface area contributed by atoms with Crippen LogP contribution < -0.4 is 15.4 Å². The van der Waals surface area contributed by atoms with Crippen molar-refractivity contribution in [2.75, 3.05) is 25.6 Å². The maximum Gasteiger partial charge on any atom is 0.319 e. The minimum atomic E-state index is -0.308. The van der Waals surface area contributed by atoms with Crippen molar-refractivity contribution in [2.45, 2.75) is 20.3 Å². The molecule has 112 valence electrons. The quantitative estimate of drug-likeness (QED) is 0.756. The van der Waals surface area contributed by atoms with Gasteiger partial charge in [0.25, 0.3) is 0 Å². The van der Waals surface area contributed by atoms with E-state index in [0.717, 1.165) is 0 Å². The van der Waals surface area contributed by atoms with Crippen LogP contribution in [0.25, 0.3) is 0 Å². The second-order valence-corrected chi connectivity index (χ2v) is 5.70. The number of hydrogen-bond acceptors (Lipinski definition) is 3. The summed E-state index contributed by atoms with van der Waals surface area (Å²) >= 11 is 5.98. The molecular formula is C14H21ClN2O3. The van der Waals surface area contributed by atoms with Gasteiger partial charge in [-0.3, -0.25) is 0 Å². The Labute approximate surface area is 124 Å². The highest BCUT2D eigenvalue weighted by Crippen LogP contribution is 2.27. The van der Waals surface area contributed by atoms with E-state index in [9.17, 15) is 4.79 Å². The largest absolute Gasteiger partial charge is 0.495 e. The maximum absolute atomic E-state index is 11.8. The number of methoxy groups -OCH3 is 1. The summed E-state index contributed by atoms with van der Waals surface area (Å²) in [6, 6.07) is 4.72. The lowest BCUT2D eigenvalue weighted by Gasteiger charge is -2.23. The number of rotatable bonds is 6. The molecule has 5 nitrogen and oxygen atoms in total. The number of aliphatic hydroxyl groups is 1. The number of halogens is 1. The summed E-state index contributed by atoms with van der Waals surface area (Å²) < 4.78 is 5.04. The van der Waals surface area contributed by atoms with Gasteiger partial charge in [-0.15, -0.1) is 0 Å². The molecular weight excluding hydrogens is 280 g/mol. The van der Waals surface area contributed by atoms with Crippen molar-refractivity contribution in [2.24, 2.45) is 5.41 Å². The monoisotopic (exact) mass is 300 g/mol. The Hall–Kier alpha value is -1.46. The highest BCUT2D eigenvalue weighted by Gasteiger charge is 2.18. The van der Waals surface area contributed by atoms with Gasteiger partial charge < -0.3 is 20.5 Å². The van der Waals surface area contributed by atoms with Crippen LogP contribution in [0.3, 0.4) is 0 Å². The van der Waals surface area contributed by atoms with Crippen LogP contribution in [0, 0.1) is 5.41 Å². The van der Waals surface area contributed by atoms with Gasteiger partial charge in [0.05, 0.1) is 12.1 Å². The second-order valence-electron chi connectivity index (χ2n) is 5.29. The molecule has 0 saturated heterocycles. The van der Waals surface area contributed by atoms with E-state index in [-0.39, 0.29) is 18.1 Å². The van der Waals surface area contributed by atoms with Crippen LogP contribution >= 0.6 is 11.6 Å². The van der Waals surface area contributed by atoms with Crippen LogP contribution in [0.4, 0.5) is 10.5 Å². The zero-order chi connectivity index (χ0) is 15.2. The van der Waals surface area contributed by atoms with E-state index < -0.39 is 0 Å². The number of urea groups is 1. The van der Waals surface area contributed by atoms with Gasteiger partial charge in [-0.1, -0.05) is 25.4 Å². The minimum Gasteiger partial charge on any atom is -0.495 e. The summed E-state index contributed by atoms with van der Waals surface area (Å²) in [6.45, 7) is 4.54. The molecule has 0 atom stereocenters. The number of anilines is 1. The molecule has 1 aromatic rings. The first-order chi connectivity index (χ1) is 9.38. The number of aliphatic hydroxyl groups excluding tert-OH is 1. The summed E-state index contributed by atoms with van der Waals surface area (Å²) in [5.74, 6) is 0.557. The average molecular weight is 301 g/mol. The number of ether oxygens (including phenoxy) is 1. The summed E-state index contributed by atoms with van der Waals surface area (Å²) in [4.78, 5) is 11.8. The van der Waals surface area contributed by atoms with E-state index >= 15 is 0 Å². The molecule has 0 saturated carbocycles. The molecule has 0 unspecified atom stereocenters. The van der Waals surface area contributed by atoms with Gasteiger partial charge in [0.15, 0.2) is 0 Å². The predicted molar refractivity (Wildman–Crippen MR) is 80.5 cm³/mol. The third-order valence-electron chi connectivity index (χ3n) is 2.93. The molecule has 0 fully saturated rings. The Balaban J connectivity index is 2.52. The maximum atomic E-state index is 11.8. The molecule has 0 aliphatic carbocycles. The Bertz CT molecular complexity index is 464. The summed E-state index contributed by atoms with van der Waals surface area (Å²) in [6.07, 6.45) is 0.627. The Morgan fingerprint density at radius 2 is 2.15 bits per heavy atom. The first-order valence-corrected chi connectivity index (χ1v) is 6.75. The summed E-state index contributed by atoms with van der Waals surface area (Å²) in [5, 5.41) is 14.8. The number of carbonyl (C=O) groups excluding carboxylic acids is 1.